The first-order valence-corrected chi connectivity index (χ1v) is 4.59. The molecule has 0 aliphatic heterocycles. The van der Waals surface area contributed by atoms with E-state index in [1.807, 2.05) is 0 Å². The van der Waals surface area contributed by atoms with Gasteiger partial charge in [0, 0.05) is 11.2 Å². The number of nitrogens with zero attached hydrogens (tertiary/aromatic N) is 1. The van der Waals surface area contributed by atoms with Crippen molar-refractivity contribution < 1.29 is 13.2 Å². The molecule has 0 N–H and O–H groups in total. The van der Waals surface area contributed by atoms with E-state index in [2.05, 4.69) is 4.98 Å². The maximum Gasteiger partial charge on any atom is 0.433 e. The van der Waals surface area contributed by atoms with Gasteiger partial charge in [-0.3, -0.25) is 4.98 Å². The fourth-order valence-electron chi connectivity index (χ4n) is 1.29. The molecule has 0 saturated heterocycles. The number of aromatic nitrogens is 1. The Morgan fingerprint density at radius 2 is 2.00 bits per heavy atom. The van der Waals surface area contributed by atoms with Crippen LogP contribution in [0.25, 0.3) is 0 Å². The topological polar surface area (TPSA) is 12.9 Å². The van der Waals surface area contributed by atoms with Crippen LogP contribution in [0.2, 0.25) is 5.02 Å². The van der Waals surface area contributed by atoms with Crippen LogP contribution in [0.3, 0.4) is 0 Å². The van der Waals surface area contributed by atoms with Crippen LogP contribution >= 0.6 is 11.6 Å². The lowest BCUT2D eigenvalue weighted by molar-refractivity contribution is -0.141. The summed E-state index contributed by atoms with van der Waals surface area (Å²) < 4.78 is 36.6. The van der Waals surface area contributed by atoms with Crippen molar-refractivity contribution in [3.8, 4) is 0 Å². The van der Waals surface area contributed by atoms with Gasteiger partial charge in [-0.2, -0.15) is 13.2 Å². The molecule has 0 spiro atoms. The van der Waals surface area contributed by atoms with Crippen LogP contribution in [-0.4, -0.2) is 4.98 Å². The quantitative estimate of drug-likeness (QED) is 0.706. The summed E-state index contributed by atoms with van der Waals surface area (Å²) in [5.41, 5.74) is -0.188. The molecule has 1 aliphatic carbocycles. The molecular formula is C9H7ClF3N. The first kappa shape index (κ1) is 9.77. The van der Waals surface area contributed by atoms with Gasteiger partial charge in [0.25, 0.3) is 0 Å². The van der Waals surface area contributed by atoms with Gasteiger partial charge >= 0.3 is 6.18 Å². The number of hydrogen-bond acceptors (Lipinski definition) is 1. The molecule has 1 fully saturated rings. The highest BCUT2D eigenvalue weighted by atomic mass is 35.5. The van der Waals surface area contributed by atoms with Gasteiger partial charge in [-0.15, -0.1) is 0 Å². The average Bonchev–Trinajstić information content (AvgIpc) is 2.85. The smallest absolute Gasteiger partial charge is 0.251 e. The number of halogens is 4. The molecule has 1 aromatic rings. The second kappa shape index (κ2) is 3.12. The third-order valence-corrected chi connectivity index (χ3v) is 2.52. The zero-order valence-electron chi connectivity index (χ0n) is 7.11. The molecule has 1 heterocycles. The van der Waals surface area contributed by atoms with Crippen molar-refractivity contribution in [2.75, 3.05) is 0 Å². The van der Waals surface area contributed by atoms with Gasteiger partial charge in [0.1, 0.15) is 5.69 Å². The largest absolute Gasteiger partial charge is 0.433 e. The Bertz CT molecular complexity index is 358. The first-order chi connectivity index (χ1) is 6.48. The highest BCUT2D eigenvalue weighted by Crippen LogP contribution is 2.43. The zero-order valence-corrected chi connectivity index (χ0v) is 7.86. The minimum atomic E-state index is -4.41. The monoisotopic (exact) mass is 221 g/mol. The highest BCUT2D eigenvalue weighted by Gasteiger charge is 2.34. The van der Waals surface area contributed by atoms with Crippen molar-refractivity contribution in [2.24, 2.45) is 0 Å². The van der Waals surface area contributed by atoms with E-state index in [-0.39, 0.29) is 5.02 Å². The summed E-state index contributed by atoms with van der Waals surface area (Å²) in [6.45, 7) is 0. The molecule has 1 aliphatic rings. The lowest BCUT2D eigenvalue weighted by atomic mass is 10.2. The molecule has 5 heteroatoms. The number of alkyl halides is 3. The lowest BCUT2D eigenvalue weighted by Gasteiger charge is -2.07. The van der Waals surface area contributed by atoms with Crippen molar-refractivity contribution >= 4 is 11.6 Å². The van der Waals surface area contributed by atoms with Crippen LogP contribution in [0.5, 0.6) is 0 Å². The van der Waals surface area contributed by atoms with Crippen LogP contribution in [-0.2, 0) is 6.18 Å². The minimum absolute atomic E-state index is 0.176. The van der Waals surface area contributed by atoms with E-state index < -0.39 is 11.9 Å². The van der Waals surface area contributed by atoms with Gasteiger partial charge in [-0.1, -0.05) is 11.6 Å². The number of rotatable bonds is 1. The molecule has 1 nitrogen and oxygen atoms in total. The van der Waals surface area contributed by atoms with Gasteiger partial charge in [-0.25, -0.2) is 0 Å². The molecule has 1 aromatic heterocycles. The molecule has 76 valence electrons. The maximum absolute atomic E-state index is 12.2. The van der Waals surface area contributed by atoms with E-state index in [9.17, 15) is 13.2 Å². The fourth-order valence-corrected chi connectivity index (χ4v) is 1.60. The lowest BCUT2D eigenvalue weighted by Crippen LogP contribution is -2.08. The van der Waals surface area contributed by atoms with Gasteiger partial charge in [-0.05, 0) is 30.4 Å². The summed E-state index contributed by atoms with van der Waals surface area (Å²) >= 11 is 5.73. The average molecular weight is 222 g/mol. The summed E-state index contributed by atoms with van der Waals surface area (Å²) in [6, 6.07) is 0.898. The molecule has 0 unspecified atom stereocenters. The van der Waals surface area contributed by atoms with Crippen LogP contribution in [0.15, 0.2) is 12.3 Å². The molecular weight excluding hydrogens is 215 g/mol. The highest BCUT2D eigenvalue weighted by molar-refractivity contribution is 6.31. The van der Waals surface area contributed by atoms with Gasteiger partial charge in [0.05, 0.1) is 0 Å². The second-order valence-electron chi connectivity index (χ2n) is 3.36. The summed E-state index contributed by atoms with van der Waals surface area (Å²) in [4.78, 5) is 3.36. The van der Waals surface area contributed by atoms with Crippen LogP contribution in [0.1, 0.15) is 30.0 Å². The van der Waals surface area contributed by atoms with Crippen LogP contribution < -0.4 is 0 Å². The summed E-state index contributed by atoms with van der Waals surface area (Å²) in [7, 11) is 0. The first-order valence-electron chi connectivity index (χ1n) is 4.21. The van der Waals surface area contributed by atoms with Gasteiger partial charge in [0.2, 0.25) is 0 Å². The molecule has 0 bridgehead atoms. The van der Waals surface area contributed by atoms with E-state index in [1.165, 1.54) is 6.20 Å². The predicted octanol–water partition coefficient (Wildman–Crippen LogP) is 3.63. The Morgan fingerprint density at radius 1 is 1.36 bits per heavy atom. The Labute approximate surface area is 83.9 Å². The van der Waals surface area contributed by atoms with E-state index in [1.54, 1.807) is 0 Å². The van der Waals surface area contributed by atoms with E-state index in [0.29, 0.717) is 5.92 Å². The van der Waals surface area contributed by atoms with E-state index in [4.69, 9.17) is 11.6 Å². The minimum Gasteiger partial charge on any atom is -0.251 e. The molecule has 0 atom stereocenters. The zero-order chi connectivity index (χ0) is 10.3. The van der Waals surface area contributed by atoms with Crippen LogP contribution in [0, 0.1) is 0 Å². The Morgan fingerprint density at radius 3 is 2.43 bits per heavy atom. The van der Waals surface area contributed by atoms with Crippen molar-refractivity contribution in [3.63, 3.8) is 0 Å². The summed E-state index contributed by atoms with van der Waals surface area (Å²) in [5, 5.41) is 0.176. The summed E-state index contributed by atoms with van der Waals surface area (Å²) in [6.07, 6.45) is -1.19. The Kier molecular flexibility index (Phi) is 2.18. The molecule has 0 aromatic carbocycles. The normalized spacial score (nSPS) is 17.1. The molecule has 1 saturated carbocycles. The Hall–Kier alpha value is -0.770. The number of hydrogen-bond donors (Lipinski definition) is 0. The molecule has 14 heavy (non-hydrogen) atoms. The van der Waals surface area contributed by atoms with E-state index >= 15 is 0 Å². The summed E-state index contributed by atoms with van der Waals surface area (Å²) in [5.74, 6) is 0.317. The van der Waals surface area contributed by atoms with Crippen molar-refractivity contribution in [3.05, 3.63) is 28.5 Å². The van der Waals surface area contributed by atoms with Crippen molar-refractivity contribution in [2.45, 2.75) is 24.9 Å². The Balaban J connectivity index is 2.35. The third kappa shape index (κ3) is 1.85. The van der Waals surface area contributed by atoms with Crippen molar-refractivity contribution in [1.82, 2.24) is 4.98 Å². The van der Waals surface area contributed by atoms with Gasteiger partial charge < -0.3 is 0 Å². The van der Waals surface area contributed by atoms with Crippen molar-refractivity contribution in [1.29, 1.82) is 0 Å². The molecule has 2 rings (SSSR count). The SMILES string of the molecule is FC(F)(F)c1cc(Cl)c(C2CC2)cn1. The maximum atomic E-state index is 12.2. The van der Waals surface area contributed by atoms with Gasteiger partial charge in [0.15, 0.2) is 0 Å². The van der Waals surface area contributed by atoms with E-state index in [0.717, 1.165) is 24.5 Å². The van der Waals surface area contributed by atoms with Crippen LogP contribution in [0.4, 0.5) is 13.2 Å². The molecule has 0 amide bonds. The standard InChI is InChI=1S/C9H7ClF3N/c10-7-3-8(9(11,12)13)14-4-6(7)5-1-2-5/h3-5H,1-2H2. The third-order valence-electron chi connectivity index (χ3n) is 2.19. The number of pyridine rings is 1. The molecule has 0 radical (unpaired) electrons. The fraction of sp³-hybridized carbons (Fsp3) is 0.444. The second-order valence-corrected chi connectivity index (χ2v) is 3.77. The predicted molar refractivity (Wildman–Crippen MR) is 46.2 cm³/mol.